The van der Waals surface area contributed by atoms with Gasteiger partial charge in [-0.15, -0.1) is 0 Å². The van der Waals surface area contributed by atoms with Crippen LogP contribution in [0.1, 0.15) is 61.3 Å². The van der Waals surface area contributed by atoms with E-state index in [0.717, 1.165) is 10.9 Å². The normalized spacial score (nSPS) is 17.8. The van der Waals surface area contributed by atoms with E-state index in [-0.39, 0.29) is 0 Å². The number of rotatable bonds is 1. The molecule has 0 N–H and O–H groups in total. The molecule has 0 bridgehead atoms. The predicted octanol–water partition coefficient (Wildman–Crippen LogP) is 5.04. The van der Waals surface area contributed by atoms with Crippen molar-refractivity contribution in [1.29, 1.82) is 0 Å². The molecule has 2 aliphatic rings. The lowest BCUT2D eigenvalue weighted by molar-refractivity contribution is 0.908. The fourth-order valence-electron chi connectivity index (χ4n) is 2.75. The number of hydrogen-bond acceptors (Lipinski definition) is 0. The van der Waals surface area contributed by atoms with Crippen LogP contribution in [0.15, 0.2) is 6.07 Å². The van der Waals surface area contributed by atoms with Crippen LogP contribution in [-0.2, 0) is 12.8 Å². The quantitative estimate of drug-likeness (QED) is 0.641. The maximum Gasteiger partial charge on any atom is 0.0443 e. The summed E-state index contributed by atoms with van der Waals surface area (Å²) in [4.78, 5) is 0. The van der Waals surface area contributed by atoms with E-state index in [2.05, 4.69) is 13.0 Å². The van der Waals surface area contributed by atoms with Crippen molar-refractivity contribution in [2.24, 2.45) is 0 Å². The summed E-state index contributed by atoms with van der Waals surface area (Å²) >= 11 is 6.32. The minimum Gasteiger partial charge on any atom is -0.0840 e. The highest BCUT2D eigenvalue weighted by atomic mass is 35.5. The van der Waals surface area contributed by atoms with Gasteiger partial charge in [0.25, 0.3) is 0 Å². The molecule has 0 amide bonds. The van der Waals surface area contributed by atoms with Gasteiger partial charge in [0.15, 0.2) is 0 Å². The van der Waals surface area contributed by atoms with Gasteiger partial charge < -0.3 is 0 Å². The van der Waals surface area contributed by atoms with Crippen molar-refractivity contribution in [1.82, 2.24) is 0 Å². The van der Waals surface area contributed by atoms with Gasteiger partial charge in [0.05, 0.1) is 0 Å². The molecule has 0 atom stereocenters. The second-order valence-electron chi connectivity index (χ2n) is 4.66. The van der Waals surface area contributed by atoms with E-state index >= 15 is 0 Å². The molecule has 1 aromatic carbocycles. The fourth-order valence-corrected chi connectivity index (χ4v) is 3.07. The third kappa shape index (κ3) is 2.00. The molecular formula is C15H21Cl. The lowest BCUT2D eigenvalue weighted by atomic mass is 9.96. The number of fused-ring (bicyclic) bond motifs is 1. The van der Waals surface area contributed by atoms with Crippen molar-refractivity contribution in [3.8, 4) is 0 Å². The van der Waals surface area contributed by atoms with Crippen molar-refractivity contribution in [2.75, 3.05) is 0 Å². The summed E-state index contributed by atoms with van der Waals surface area (Å²) in [6, 6.07) is 2.23. The molecule has 1 heteroatoms. The van der Waals surface area contributed by atoms with Gasteiger partial charge >= 0.3 is 0 Å². The van der Waals surface area contributed by atoms with E-state index in [1.165, 1.54) is 43.2 Å². The number of hydrogen-bond donors (Lipinski definition) is 0. The summed E-state index contributed by atoms with van der Waals surface area (Å²) in [5, 5.41) is 1.03. The summed E-state index contributed by atoms with van der Waals surface area (Å²) in [6.07, 6.45) is 6.48. The van der Waals surface area contributed by atoms with Crippen molar-refractivity contribution >= 4 is 11.6 Å². The van der Waals surface area contributed by atoms with E-state index in [4.69, 9.17) is 11.6 Å². The van der Waals surface area contributed by atoms with Crippen LogP contribution in [-0.4, -0.2) is 0 Å². The lowest BCUT2D eigenvalue weighted by Gasteiger charge is -2.12. The van der Waals surface area contributed by atoms with E-state index in [0.29, 0.717) is 0 Å². The minimum atomic E-state index is 0.832. The Morgan fingerprint density at radius 2 is 1.75 bits per heavy atom. The molecular weight excluding hydrogens is 216 g/mol. The third-order valence-corrected chi connectivity index (χ3v) is 4.03. The number of benzene rings is 1. The predicted molar refractivity (Wildman–Crippen MR) is 71.5 cm³/mol. The van der Waals surface area contributed by atoms with Crippen LogP contribution >= 0.6 is 11.6 Å². The first kappa shape index (κ1) is 12.0. The first-order valence-electron chi connectivity index (χ1n) is 6.58. The Bertz CT molecular complexity index is 389. The second kappa shape index (κ2) is 4.79. The molecule has 0 spiro atoms. The molecule has 2 aliphatic carbocycles. The Balaban J connectivity index is 0.000000457. The summed E-state index contributed by atoms with van der Waals surface area (Å²) in [6.45, 7) is 6.29. The molecule has 0 aromatic heterocycles. The molecule has 0 unspecified atom stereocenters. The van der Waals surface area contributed by atoms with Crippen molar-refractivity contribution in [2.45, 2.75) is 58.8 Å². The fraction of sp³-hybridized carbons (Fsp3) is 0.600. The first-order valence-corrected chi connectivity index (χ1v) is 6.96. The van der Waals surface area contributed by atoms with Gasteiger partial charge in [-0.3, -0.25) is 0 Å². The Morgan fingerprint density at radius 1 is 1.12 bits per heavy atom. The Kier molecular flexibility index (Phi) is 3.59. The van der Waals surface area contributed by atoms with Gasteiger partial charge in [-0.1, -0.05) is 25.4 Å². The summed E-state index contributed by atoms with van der Waals surface area (Å²) in [7, 11) is 0. The Hall–Kier alpha value is -0.490. The molecule has 88 valence electrons. The Morgan fingerprint density at radius 3 is 2.38 bits per heavy atom. The molecule has 1 saturated carbocycles. The van der Waals surface area contributed by atoms with E-state index in [1.54, 1.807) is 11.1 Å². The van der Waals surface area contributed by atoms with Crippen LogP contribution < -0.4 is 0 Å². The smallest absolute Gasteiger partial charge is 0.0443 e. The van der Waals surface area contributed by atoms with Crippen LogP contribution in [0.25, 0.3) is 0 Å². The molecule has 0 saturated heterocycles. The van der Waals surface area contributed by atoms with Gasteiger partial charge in [-0.2, -0.15) is 0 Å². The SMILES string of the molecule is CC.Cc1c(C2CC2)cc(Cl)c2c1CCC2. The van der Waals surface area contributed by atoms with Crippen molar-refractivity contribution in [3.63, 3.8) is 0 Å². The average molecular weight is 237 g/mol. The van der Waals surface area contributed by atoms with Crippen LogP contribution in [0.5, 0.6) is 0 Å². The molecule has 0 heterocycles. The van der Waals surface area contributed by atoms with Gasteiger partial charge in [0, 0.05) is 5.02 Å². The second-order valence-corrected chi connectivity index (χ2v) is 5.06. The van der Waals surface area contributed by atoms with Gasteiger partial charge in [0.1, 0.15) is 0 Å². The van der Waals surface area contributed by atoms with Crippen LogP contribution in [0, 0.1) is 6.92 Å². The Labute approximate surface area is 104 Å². The zero-order valence-electron chi connectivity index (χ0n) is 10.6. The van der Waals surface area contributed by atoms with E-state index < -0.39 is 0 Å². The molecule has 1 aromatic rings. The third-order valence-electron chi connectivity index (χ3n) is 3.69. The highest BCUT2D eigenvalue weighted by Crippen LogP contribution is 2.45. The van der Waals surface area contributed by atoms with Crippen LogP contribution in [0.4, 0.5) is 0 Å². The zero-order chi connectivity index (χ0) is 11.7. The van der Waals surface area contributed by atoms with Gasteiger partial charge in [0.2, 0.25) is 0 Å². The van der Waals surface area contributed by atoms with E-state index in [9.17, 15) is 0 Å². The van der Waals surface area contributed by atoms with Crippen LogP contribution in [0.2, 0.25) is 5.02 Å². The first-order chi connectivity index (χ1) is 7.77. The topological polar surface area (TPSA) is 0 Å². The maximum absolute atomic E-state index is 6.32. The molecule has 0 radical (unpaired) electrons. The summed E-state index contributed by atoms with van der Waals surface area (Å²) in [5.74, 6) is 0.832. The van der Waals surface area contributed by atoms with Gasteiger partial charge in [-0.05, 0) is 73.3 Å². The molecule has 1 fully saturated rings. The largest absolute Gasteiger partial charge is 0.0840 e. The van der Waals surface area contributed by atoms with E-state index in [1.807, 2.05) is 13.8 Å². The average Bonchev–Trinajstić information content (AvgIpc) is 3.02. The maximum atomic E-state index is 6.32. The standard InChI is InChI=1S/C13H15Cl.C2H6/c1-8-10-3-2-4-11(10)13(14)7-12(8)9-5-6-9;1-2/h7,9H,2-6H2,1H3;1-2H3. The van der Waals surface area contributed by atoms with Crippen LogP contribution in [0.3, 0.4) is 0 Å². The minimum absolute atomic E-state index is 0.832. The molecule has 3 rings (SSSR count). The van der Waals surface area contributed by atoms with Crippen molar-refractivity contribution in [3.05, 3.63) is 33.3 Å². The highest BCUT2D eigenvalue weighted by Gasteiger charge is 2.28. The van der Waals surface area contributed by atoms with Gasteiger partial charge in [-0.25, -0.2) is 0 Å². The molecule has 16 heavy (non-hydrogen) atoms. The lowest BCUT2D eigenvalue weighted by Crippen LogP contribution is -1.95. The highest BCUT2D eigenvalue weighted by molar-refractivity contribution is 6.31. The molecule has 0 nitrogen and oxygen atoms in total. The molecule has 0 aliphatic heterocycles. The number of halogens is 1. The summed E-state index contributed by atoms with van der Waals surface area (Å²) < 4.78 is 0. The monoisotopic (exact) mass is 236 g/mol. The zero-order valence-corrected chi connectivity index (χ0v) is 11.3. The van der Waals surface area contributed by atoms with Crippen molar-refractivity contribution < 1.29 is 0 Å². The summed E-state index contributed by atoms with van der Waals surface area (Å²) in [5.41, 5.74) is 6.09.